The summed E-state index contributed by atoms with van der Waals surface area (Å²) in [5.41, 5.74) is 5.46. The lowest BCUT2D eigenvalue weighted by Crippen LogP contribution is -2.46. The molecule has 0 fully saturated rings. The Labute approximate surface area is 105 Å². The van der Waals surface area contributed by atoms with Gasteiger partial charge < -0.3 is 21.3 Å². The number of carbonyl (C=O) groups excluding carboxylic acids is 1. The van der Waals surface area contributed by atoms with E-state index in [0.29, 0.717) is 13.0 Å². The second-order valence-electron chi connectivity index (χ2n) is 5.69. The highest BCUT2D eigenvalue weighted by atomic mass is 16.1. The van der Waals surface area contributed by atoms with E-state index in [0.717, 1.165) is 13.1 Å². The summed E-state index contributed by atoms with van der Waals surface area (Å²) in [6, 6.07) is 0.0531. The standard InChI is InChI=1S/C12H28N4O/c1-12(2,3)15-11(17)8-10(9-13)14-6-7-16(4)5/h10,14H,6-9,13H2,1-5H3,(H,15,17). The molecule has 0 aromatic heterocycles. The van der Waals surface area contributed by atoms with Crippen molar-refractivity contribution in [2.45, 2.75) is 38.8 Å². The van der Waals surface area contributed by atoms with Crippen LogP contribution >= 0.6 is 0 Å². The monoisotopic (exact) mass is 244 g/mol. The zero-order valence-electron chi connectivity index (χ0n) is 11.8. The van der Waals surface area contributed by atoms with Gasteiger partial charge >= 0.3 is 0 Å². The first-order valence-electron chi connectivity index (χ1n) is 6.14. The van der Waals surface area contributed by atoms with E-state index in [4.69, 9.17) is 5.73 Å². The lowest BCUT2D eigenvalue weighted by Gasteiger charge is -2.23. The molecule has 0 spiro atoms. The van der Waals surface area contributed by atoms with Crippen LogP contribution in [0.4, 0.5) is 0 Å². The van der Waals surface area contributed by atoms with E-state index in [9.17, 15) is 4.79 Å². The summed E-state index contributed by atoms with van der Waals surface area (Å²) in [5, 5.41) is 6.23. The number of likely N-dealkylation sites (N-methyl/N-ethyl adjacent to an activating group) is 1. The second kappa shape index (κ2) is 7.63. The summed E-state index contributed by atoms with van der Waals surface area (Å²) in [6.45, 7) is 8.19. The van der Waals surface area contributed by atoms with Crippen LogP contribution in [0.15, 0.2) is 0 Å². The fraction of sp³-hybridized carbons (Fsp3) is 0.917. The summed E-state index contributed by atoms with van der Waals surface area (Å²) >= 11 is 0. The third kappa shape index (κ3) is 10.2. The van der Waals surface area contributed by atoms with Gasteiger partial charge in [0.15, 0.2) is 0 Å². The molecule has 4 N–H and O–H groups in total. The summed E-state index contributed by atoms with van der Waals surface area (Å²) in [4.78, 5) is 13.8. The number of hydrogen-bond acceptors (Lipinski definition) is 4. The lowest BCUT2D eigenvalue weighted by molar-refractivity contribution is -0.122. The number of amides is 1. The second-order valence-corrected chi connectivity index (χ2v) is 5.69. The Hall–Kier alpha value is -0.650. The molecule has 17 heavy (non-hydrogen) atoms. The Kier molecular flexibility index (Phi) is 7.34. The van der Waals surface area contributed by atoms with Crippen LogP contribution in [0.5, 0.6) is 0 Å². The predicted octanol–water partition coefficient (Wildman–Crippen LogP) is -0.230. The SMILES string of the molecule is CN(C)CCNC(CN)CC(=O)NC(C)(C)C. The summed E-state index contributed by atoms with van der Waals surface area (Å²) in [5.74, 6) is 0.0466. The van der Waals surface area contributed by atoms with Gasteiger partial charge in [-0.1, -0.05) is 0 Å². The molecule has 0 aliphatic carbocycles. The molecular weight excluding hydrogens is 216 g/mol. The fourth-order valence-electron chi connectivity index (χ4n) is 1.42. The van der Waals surface area contributed by atoms with Gasteiger partial charge in [0, 0.05) is 37.6 Å². The Balaban J connectivity index is 3.92. The maximum Gasteiger partial charge on any atom is 0.222 e. The van der Waals surface area contributed by atoms with Gasteiger partial charge in [0.1, 0.15) is 0 Å². The minimum absolute atomic E-state index is 0.0466. The molecule has 5 nitrogen and oxygen atoms in total. The fourth-order valence-corrected chi connectivity index (χ4v) is 1.42. The Morgan fingerprint density at radius 1 is 1.35 bits per heavy atom. The number of nitrogens with one attached hydrogen (secondary N) is 2. The largest absolute Gasteiger partial charge is 0.351 e. The van der Waals surface area contributed by atoms with Gasteiger partial charge in [-0.25, -0.2) is 0 Å². The van der Waals surface area contributed by atoms with Crippen LogP contribution in [0.1, 0.15) is 27.2 Å². The molecule has 0 bridgehead atoms. The van der Waals surface area contributed by atoms with E-state index in [-0.39, 0.29) is 17.5 Å². The van der Waals surface area contributed by atoms with E-state index in [1.807, 2.05) is 34.9 Å². The number of carbonyl (C=O) groups is 1. The van der Waals surface area contributed by atoms with E-state index in [2.05, 4.69) is 15.5 Å². The van der Waals surface area contributed by atoms with Crippen molar-refractivity contribution in [2.24, 2.45) is 5.73 Å². The van der Waals surface area contributed by atoms with Gasteiger partial charge in [0.2, 0.25) is 5.91 Å². The molecule has 0 aromatic carbocycles. The van der Waals surface area contributed by atoms with Crippen molar-refractivity contribution >= 4 is 5.91 Å². The van der Waals surface area contributed by atoms with Gasteiger partial charge in [-0.15, -0.1) is 0 Å². The van der Waals surface area contributed by atoms with Crippen molar-refractivity contribution in [1.29, 1.82) is 0 Å². The van der Waals surface area contributed by atoms with E-state index < -0.39 is 0 Å². The minimum Gasteiger partial charge on any atom is -0.351 e. The zero-order valence-corrected chi connectivity index (χ0v) is 11.8. The van der Waals surface area contributed by atoms with Crippen molar-refractivity contribution in [1.82, 2.24) is 15.5 Å². The minimum atomic E-state index is -0.181. The Morgan fingerprint density at radius 3 is 2.35 bits per heavy atom. The topological polar surface area (TPSA) is 70.4 Å². The van der Waals surface area contributed by atoms with Crippen LogP contribution in [-0.2, 0) is 4.79 Å². The van der Waals surface area contributed by atoms with Crippen molar-refractivity contribution in [3.8, 4) is 0 Å². The molecule has 0 aliphatic rings. The predicted molar refractivity (Wildman–Crippen MR) is 71.9 cm³/mol. The smallest absolute Gasteiger partial charge is 0.222 e. The molecule has 5 heteroatoms. The molecule has 0 aliphatic heterocycles. The lowest BCUT2D eigenvalue weighted by atomic mass is 10.1. The third-order valence-electron chi connectivity index (χ3n) is 2.22. The van der Waals surface area contributed by atoms with Crippen LogP contribution < -0.4 is 16.4 Å². The van der Waals surface area contributed by atoms with Crippen LogP contribution in [-0.4, -0.2) is 56.1 Å². The molecule has 0 saturated carbocycles. The van der Waals surface area contributed by atoms with Crippen molar-refractivity contribution in [3.63, 3.8) is 0 Å². The summed E-state index contributed by atoms with van der Waals surface area (Å²) in [7, 11) is 4.04. The number of hydrogen-bond donors (Lipinski definition) is 3. The van der Waals surface area contributed by atoms with Crippen LogP contribution in [0, 0.1) is 0 Å². The van der Waals surface area contributed by atoms with Gasteiger partial charge in [0.05, 0.1) is 0 Å². The van der Waals surface area contributed by atoms with Crippen molar-refractivity contribution in [3.05, 3.63) is 0 Å². The maximum atomic E-state index is 11.7. The Bertz CT molecular complexity index is 223. The van der Waals surface area contributed by atoms with Crippen molar-refractivity contribution < 1.29 is 4.79 Å². The highest BCUT2D eigenvalue weighted by molar-refractivity contribution is 5.77. The molecule has 1 unspecified atom stereocenters. The van der Waals surface area contributed by atoms with Gasteiger partial charge in [-0.3, -0.25) is 4.79 Å². The molecule has 0 saturated heterocycles. The van der Waals surface area contributed by atoms with Gasteiger partial charge in [0.25, 0.3) is 0 Å². The molecule has 0 rings (SSSR count). The first-order valence-corrected chi connectivity index (χ1v) is 6.14. The summed E-state index contributed by atoms with van der Waals surface area (Å²) in [6.07, 6.45) is 0.432. The average Bonchev–Trinajstić information content (AvgIpc) is 2.12. The number of nitrogens with zero attached hydrogens (tertiary/aromatic N) is 1. The van der Waals surface area contributed by atoms with Crippen LogP contribution in [0.3, 0.4) is 0 Å². The molecule has 0 radical (unpaired) electrons. The molecular formula is C12H28N4O. The summed E-state index contributed by atoms with van der Waals surface area (Å²) < 4.78 is 0. The van der Waals surface area contributed by atoms with E-state index >= 15 is 0 Å². The first kappa shape index (κ1) is 16.4. The Morgan fingerprint density at radius 2 is 1.94 bits per heavy atom. The molecule has 0 heterocycles. The van der Waals surface area contributed by atoms with E-state index in [1.165, 1.54) is 0 Å². The first-order chi connectivity index (χ1) is 7.74. The van der Waals surface area contributed by atoms with E-state index in [1.54, 1.807) is 0 Å². The highest BCUT2D eigenvalue weighted by Crippen LogP contribution is 2.00. The average molecular weight is 244 g/mol. The molecule has 102 valence electrons. The van der Waals surface area contributed by atoms with Crippen LogP contribution in [0.2, 0.25) is 0 Å². The third-order valence-corrected chi connectivity index (χ3v) is 2.22. The van der Waals surface area contributed by atoms with Crippen molar-refractivity contribution in [2.75, 3.05) is 33.7 Å². The zero-order chi connectivity index (χ0) is 13.5. The molecule has 1 amide bonds. The number of nitrogens with two attached hydrogens (primary N) is 1. The van der Waals surface area contributed by atoms with Gasteiger partial charge in [-0.05, 0) is 34.9 Å². The highest BCUT2D eigenvalue weighted by Gasteiger charge is 2.17. The molecule has 0 aromatic rings. The quantitative estimate of drug-likeness (QED) is 0.578. The van der Waals surface area contributed by atoms with Crippen LogP contribution in [0.25, 0.3) is 0 Å². The normalized spacial score (nSPS) is 13.8. The van der Waals surface area contributed by atoms with Gasteiger partial charge in [-0.2, -0.15) is 0 Å². The number of rotatable bonds is 7. The maximum absolute atomic E-state index is 11.7. The molecule has 1 atom stereocenters.